The average Bonchev–Trinajstić information content (AvgIpc) is 2.92. The lowest BCUT2D eigenvalue weighted by atomic mass is 9.86. The number of nitrogens with one attached hydrogen (secondary N) is 3. The van der Waals surface area contributed by atoms with Crippen LogP contribution in [-0.2, 0) is 4.79 Å². The molecular formula is C14H19N5O. The molecule has 1 aliphatic carbocycles. The first-order valence-electron chi connectivity index (χ1n) is 7.10. The second-order valence-electron chi connectivity index (χ2n) is 5.44. The number of amides is 1. The predicted molar refractivity (Wildman–Crippen MR) is 78.6 cm³/mol. The van der Waals surface area contributed by atoms with Crippen LogP contribution < -0.4 is 10.6 Å². The van der Waals surface area contributed by atoms with Crippen LogP contribution in [0.5, 0.6) is 0 Å². The second-order valence-corrected chi connectivity index (χ2v) is 5.44. The number of fused-ring (bicyclic) bond motifs is 1. The van der Waals surface area contributed by atoms with Gasteiger partial charge in [-0.3, -0.25) is 4.79 Å². The molecule has 6 nitrogen and oxygen atoms in total. The zero-order chi connectivity index (χ0) is 13.9. The highest BCUT2D eigenvalue weighted by Crippen LogP contribution is 2.32. The molecule has 1 saturated carbocycles. The number of aromatic amines is 1. The summed E-state index contributed by atoms with van der Waals surface area (Å²) in [7, 11) is 0. The minimum Gasteiger partial charge on any atom is -0.378 e. The number of H-pyrrole nitrogens is 1. The summed E-state index contributed by atoms with van der Waals surface area (Å²) in [4.78, 5) is 13.8. The first-order chi connectivity index (χ1) is 9.79. The maximum absolute atomic E-state index is 10.7. The lowest BCUT2D eigenvalue weighted by Gasteiger charge is -2.30. The van der Waals surface area contributed by atoms with Crippen molar-refractivity contribution in [1.29, 1.82) is 0 Å². The van der Waals surface area contributed by atoms with Crippen molar-refractivity contribution in [3.63, 3.8) is 0 Å². The Balaban J connectivity index is 1.96. The van der Waals surface area contributed by atoms with Gasteiger partial charge in [-0.05, 0) is 24.8 Å². The van der Waals surface area contributed by atoms with E-state index in [2.05, 4.69) is 32.7 Å². The molecule has 1 amide bonds. The Morgan fingerprint density at radius 2 is 2.20 bits per heavy atom. The lowest BCUT2D eigenvalue weighted by molar-refractivity contribution is -0.105. The van der Waals surface area contributed by atoms with Crippen LogP contribution in [0, 0.1) is 5.92 Å². The van der Waals surface area contributed by atoms with Crippen LogP contribution in [0.3, 0.4) is 0 Å². The molecule has 0 aliphatic heterocycles. The summed E-state index contributed by atoms with van der Waals surface area (Å²) in [5.74, 6) is 1.11. The maximum Gasteiger partial charge on any atom is 0.212 e. The molecule has 2 unspecified atom stereocenters. The zero-order valence-corrected chi connectivity index (χ0v) is 11.5. The van der Waals surface area contributed by atoms with E-state index in [9.17, 15) is 4.79 Å². The van der Waals surface area contributed by atoms with E-state index in [0.717, 1.165) is 23.1 Å². The van der Waals surface area contributed by atoms with Gasteiger partial charge in [-0.2, -0.15) is 0 Å². The van der Waals surface area contributed by atoms with Gasteiger partial charge in [-0.1, -0.05) is 19.8 Å². The minimum atomic E-state index is 0.415. The zero-order valence-electron chi connectivity index (χ0n) is 11.5. The molecule has 0 aromatic carbocycles. The Hall–Kier alpha value is -2.11. The van der Waals surface area contributed by atoms with Gasteiger partial charge in [0.05, 0.1) is 5.69 Å². The summed E-state index contributed by atoms with van der Waals surface area (Å²) >= 11 is 0. The molecule has 2 heterocycles. The van der Waals surface area contributed by atoms with E-state index in [1.165, 1.54) is 19.3 Å². The van der Waals surface area contributed by atoms with Crippen molar-refractivity contribution >= 4 is 28.9 Å². The van der Waals surface area contributed by atoms with Gasteiger partial charge in [-0.15, -0.1) is 10.2 Å². The monoisotopic (exact) mass is 273 g/mol. The summed E-state index contributed by atoms with van der Waals surface area (Å²) in [5.41, 5.74) is 1.59. The van der Waals surface area contributed by atoms with Crippen LogP contribution in [0.25, 0.3) is 11.0 Å². The predicted octanol–water partition coefficient (Wildman–Crippen LogP) is 2.52. The van der Waals surface area contributed by atoms with E-state index in [0.29, 0.717) is 24.2 Å². The third-order valence-corrected chi connectivity index (χ3v) is 4.12. The number of hydrogen-bond acceptors (Lipinski definition) is 4. The normalized spacial score (nSPS) is 22.6. The van der Waals surface area contributed by atoms with E-state index >= 15 is 0 Å². The van der Waals surface area contributed by atoms with E-state index < -0.39 is 0 Å². The van der Waals surface area contributed by atoms with Crippen LogP contribution in [0.15, 0.2) is 12.3 Å². The third kappa shape index (κ3) is 2.33. The van der Waals surface area contributed by atoms with E-state index in [1.54, 1.807) is 0 Å². The van der Waals surface area contributed by atoms with Gasteiger partial charge < -0.3 is 15.6 Å². The third-order valence-electron chi connectivity index (χ3n) is 4.12. The van der Waals surface area contributed by atoms with Gasteiger partial charge in [0.1, 0.15) is 0 Å². The molecule has 2 atom stereocenters. The average molecular weight is 273 g/mol. The smallest absolute Gasteiger partial charge is 0.212 e. The summed E-state index contributed by atoms with van der Waals surface area (Å²) in [6.07, 6.45) is 7.40. The quantitative estimate of drug-likeness (QED) is 0.747. The van der Waals surface area contributed by atoms with Crippen LogP contribution in [0.2, 0.25) is 0 Å². The topological polar surface area (TPSA) is 82.7 Å². The van der Waals surface area contributed by atoms with Crippen molar-refractivity contribution in [3.05, 3.63) is 12.3 Å². The molecule has 0 radical (unpaired) electrons. The highest BCUT2D eigenvalue weighted by molar-refractivity contribution is 5.97. The highest BCUT2D eigenvalue weighted by atomic mass is 16.1. The Bertz CT molecular complexity index is 609. The maximum atomic E-state index is 10.7. The largest absolute Gasteiger partial charge is 0.378 e. The minimum absolute atomic E-state index is 0.415. The van der Waals surface area contributed by atoms with Crippen molar-refractivity contribution in [3.8, 4) is 0 Å². The van der Waals surface area contributed by atoms with Crippen molar-refractivity contribution in [1.82, 2.24) is 15.2 Å². The SMILES string of the molecule is CC1CCCCC1Nc1c(NC=O)nnc2[nH]ccc12. The number of nitrogens with zero attached hydrogens (tertiary/aromatic N) is 2. The molecule has 0 spiro atoms. The van der Waals surface area contributed by atoms with Crippen LogP contribution >= 0.6 is 0 Å². The standard InChI is InChI=1S/C14H19N5O/c1-9-4-2-3-5-11(9)17-12-10-6-7-15-13(10)18-19-14(12)16-8-20/h6-9,11H,2-5H2,1H3,(H2,15,17,18)(H,16,19,20). The second kappa shape index (κ2) is 5.48. The Morgan fingerprint density at radius 3 is 3.00 bits per heavy atom. The molecule has 3 rings (SSSR count). The fraction of sp³-hybridized carbons (Fsp3) is 0.500. The molecular weight excluding hydrogens is 254 g/mol. The van der Waals surface area contributed by atoms with E-state index in [4.69, 9.17) is 0 Å². The first-order valence-corrected chi connectivity index (χ1v) is 7.10. The fourth-order valence-electron chi connectivity index (χ4n) is 2.94. The van der Waals surface area contributed by atoms with Crippen molar-refractivity contribution in [2.75, 3.05) is 10.6 Å². The van der Waals surface area contributed by atoms with Crippen LogP contribution in [0.4, 0.5) is 11.5 Å². The van der Waals surface area contributed by atoms with Crippen LogP contribution in [-0.4, -0.2) is 27.6 Å². The number of carbonyl (C=O) groups is 1. The molecule has 20 heavy (non-hydrogen) atoms. The molecule has 106 valence electrons. The Morgan fingerprint density at radius 1 is 1.35 bits per heavy atom. The van der Waals surface area contributed by atoms with Gasteiger partial charge in [0.2, 0.25) is 6.41 Å². The summed E-state index contributed by atoms with van der Waals surface area (Å²) in [5, 5.41) is 15.3. The number of anilines is 2. The molecule has 1 aliphatic rings. The molecule has 3 N–H and O–H groups in total. The highest BCUT2D eigenvalue weighted by Gasteiger charge is 2.23. The molecule has 2 aromatic rings. The molecule has 0 bridgehead atoms. The lowest BCUT2D eigenvalue weighted by Crippen LogP contribution is -2.30. The first kappa shape index (κ1) is 12.9. The fourth-order valence-corrected chi connectivity index (χ4v) is 2.94. The Labute approximate surface area is 117 Å². The number of carbonyl (C=O) groups excluding carboxylic acids is 1. The van der Waals surface area contributed by atoms with Crippen molar-refractivity contribution in [2.24, 2.45) is 5.92 Å². The van der Waals surface area contributed by atoms with Gasteiger partial charge in [-0.25, -0.2) is 0 Å². The summed E-state index contributed by atoms with van der Waals surface area (Å²) < 4.78 is 0. The summed E-state index contributed by atoms with van der Waals surface area (Å²) in [6.45, 7) is 2.27. The number of rotatable bonds is 4. The number of hydrogen-bond donors (Lipinski definition) is 3. The molecule has 2 aromatic heterocycles. The van der Waals surface area contributed by atoms with Crippen molar-refractivity contribution < 1.29 is 4.79 Å². The van der Waals surface area contributed by atoms with Gasteiger partial charge >= 0.3 is 0 Å². The van der Waals surface area contributed by atoms with Gasteiger partial charge in [0, 0.05) is 17.6 Å². The van der Waals surface area contributed by atoms with Crippen LogP contribution in [0.1, 0.15) is 32.6 Å². The van der Waals surface area contributed by atoms with Gasteiger partial charge in [0.15, 0.2) is 11.5 Å². The molecule has 1 fully saturated rings. The Kier molecular flexibility index (Phi) is 3.54. The number of aromatic nitrogens is 3. The van der Waals surface area contributed by atoms with E-state index in [-0.39, 0.29) is 0 Å². The summed E-state index contributed by atoms with van der Waals surface area (Å²) in [6, 6.07) is 2.37. The van der Waals surface area contributed by atoms with Gasteiger partial charge in [0.25, 0.3) is 0 Å². The molecule has 0 saturated heterocycles. The molecule has 6 heteroatoms. The van der Waals surface area contributed by atoms with Crippen molar-refractivity contribution in [2.45, 2.75) is 38.6 Å². The van der Waals surface area contributed by atoms with E-state index in [1.807, 2.05) is 12.3 Å².